The average Bonchev–Trinajstić information content (AvgIpc) is 3.09. The van der Waals surface area contributed by atoms with Crippen LogP contribution < -0.4 is 5.48 Å². The molecule has 1 aliphatic rings. The van der Waals surface area contributed by atoms with Crippen molar-refractivity contribution in [1.82, 2.24) is 10.4 Å². The third-order valence-corrected chi connectivity index (χ3v) is 81.8. The number of aliphatic carboxylic acids is 1. The van der Waals surface area contributed by atoms with Crippen LogP contribution in [0.4, 0.5) is 0 Å². The number of hydroxylamine groups is 1. The highest BCUT2D eigenvalue weighted by atomic mass is 29.9. The molecule has 0 aliphatic carbocycles. The van der Waals surface area contributed by atoms with Gasteiger partial charge in [-0.15, -0.1) is 0 Å². The van der Waals surface area contributed by atoms with Crippen LogP contribution >= 0.6 is 0 Å². The minimum Gasteiger partial charge on any atom is -0.481 e. The summed E-state index contributed by atoms with van der Waals surface area (Å²) >= 11 is 0. The lowest BCUT2D eigenvalue weighted by molar-refractivity contribution is -0.137. The largest absolute Gasteiger partial charge is 0.481 e. The zero-order valence-electron chi connectivity index (χ0n) is 23.4. The number of nitrogens with one attached hydrogen (secondary N) is 1. The van der Waals surface area contributed by atoms with E-state index < -0.39 is 35.4 Å². The minimum atomic E-state index is -1.81. The maximum absolute atomic E-state index is 13.2. The van der Waals surface area contributed by atoms with Gasteiger partial charge >= 0.3 is 5.97 Å². The molecule has 0 spiro atoms. The molecule has 1 fully saturated rings. The first kappa shape index (κ1) is 30.2. The van der Waals surface area contributed by atoms with E-state index >= 15 is 0 Å². The molecule has 2 rings (SSSR count). The monoisotopic (exact) mass is 552 g/mol. The molecule has 2 atom stereocenters. The molecular formula is C25H48N2O4Si4. The lowest BCUT2D eigenvalue weighted by atomic mass is 10.2. The molecule has 1 heterocycles. The molecule has 10 heteroatoms. The van der Waals surface area contributed by atoms with Crippen LogP contribution in [-0.2, 0) is 21.0 Å². The highest BCUT2D eigenvalue weighted by molar-refractivity contribution is 7.89. The van der Waals surface area contributed by atoms with Crippen LogP contribution in [0.2, 0.25) is 64.5 Å². The summed E-state index contributed by atoms with van der Waals surface area (Å²) in [4.78, 5) is 32.3. The van der Waals surface area contributed by atoms with Crippen LogP contribution in [-0.4, -0.2) is 70.4 Å². The van der Waals surface area contributed by atoms with E-state index in [-0.39, 0.29) is 18.4 Å². The molecule has 35 heavy (non-hydrogen) atoms. The number of hydrogen-bond acceptors (Lipinski definition) is 4. The quantitative estimate of drug-likeness (QED) is 0.274. The molecule has 0 aromatic heterocycles. The van der Waals surface area contributed by atoms with Gasteiger partial charge in [0.05, 0.1) is 12.6 Å². The second-order valence-corrected chi connectivity index (χ2v) is 54.2. The SMILES string of the molecule is C[Si](C)(C)[Si](C1CN(C(=O)CCCC(=O)O)CC1NOCc1ccccc1)([Si](C)(C)C)[Si](C)(C)C. The molecular weight excluding hydrogens is 505 g/mol. The molecule has 0 bridgehead atoms. The standard InChI is InChI=1S/C25H48N2O4Si4/c1-32(2,3)35(33(4,5)6,34(7,8)9)23-19-27(24(28)16-13-17-25(29)30)18-22(23)26-31-20-21-14-11-10-12-15-21/h10-12,14-15,22-23,26H,13,16-20H2,1-9H3,(H,29,30). The van der Waals surface area contributed by atoms with Crippen molar-refractivity contribution in [2.75, 3.05) is 13.1 Å². The van der Waals surface area contributed by atoms with E-state index in [0.717, 1.165) is 12.1 Å². The van der Waals surface area contributed by atoms with Crippen LogP contribution in [0.1, 0.15) is 24.8 Å². The molecule has 198 valence electrons. The van der Waals surface area contributed by atoms with Crippen molar-refractivity contribution in [1.29, 1.82) is 0 Å². The van der Waals surface area contributed by atoms with Crippen molar-refractivity contribution in [3.8, 4) is 0 Å². The van der Waals surface area contributed by atoms with Crippen molar-refractivity contribution < 1.29 is 19.5 Å². The Bertz CT molecular complexity index is 827. The van der Waals surface area contributed by atoms with Crippen molar-refractivity contribution in [2.45, 2.75) is 96.4 Å². The second-order valence-electron chi connectivity index (χ2n) is 13.2. The molecule has 1 aromatic carbocycles. The Kier molecular flexibility index (Phi) is 9.96. The molecule has 1 aliphatic heterocycles. The number of rotatable bonds is 12. The summed E-state index contributed by atoms with van der Waals surface area (Å²) in [5, 5.41) is 9.01. The topological polar surface area (TPSA) is 78.9 Å². The summed E-state index contributed by atoms with van der Waals surface area (Å²) in [5.74, 6) is -0.748. The predicted molar refractivity (Wildman–Crippen MR) is 156 cm³/mol. The lowest BCUT2D eigenvalue weighted by Gasteiger charge is -2.61. The zero-order valence-corrected chi connectivity index (χ0v) is 27.4. The summed E-state index contributed by atoms with van der Waals surface area (Å²) in [6, 6.07) is 10.3. The van der Waals surface area contributed by atoms with Crippen molar-refractivity contribution in [3.63, 3.8) is 0 Å². The molecule has 1 aromatic rings. The van der Waals surface area contributed by atoms with Gasteiger partial charge in [0, 0.05) is 55.3 Å². The van der Waals surface area contributed by atoms with Crippen LogP contribution in [0.3, 0.4) is 0 Å². The maximum atomic E-state index is 13.2. The average molecular weight is 553 g/mol. The Labute approximate surface area is 216 Å². The van der Waals surface area contributed by atoms with E-state index in [1.165, 1.54) is 0 Å². The van der Waals surface area contributed by atoms with E-state index in [1.54, 1.807) is 0 Å². The molecule has 1 saturated heterocycles. The van der Waals surface area contributed by atoms with E-state index in [1.807, 2.05) is 23.1 Å². The van der Waals surface area contributed by atoms with E-state index in [4.69, 9.17) is 9.94 Å². The van der Waals surface area contributed by atoms with Crippen LogP contribution in [0.5, 0.6) is 0 Å². The van der Waals surface area contributed by atoms with Crippen molar-refractivity contribution in [2.24, 2.45) is 0 Å². The molecule has 2 unspecified atom stereocenters. The van der Waals surface area contributed by atoms with Gasteiger partial charge in [-0.3, -0.25) is 14.4 Å². The molecule has 1 amide bonds. The van der Waals surface area contributed by atoms with Crippen molar-refractivity contribution >= 4 is 41.3 Å². The van der Waals surface area contributed by atoms with Crippen LogP contribution in [0.15, 0.2) is 30.3 Å². The number of carboxylic acids is 1. The van der Waals surface area contributed by atoms with Gasteiger partial charge in [0.1, 0.15) is 0 Å². The first-order chi connectivity index (χ1) is 16.0. The number of carboxylic acid groups (broad SMARTS) is 1. The third kappa shape index (κ3) is 6.83. The fourth-order valence-electron chi connectivity index (χ4n) is 7.96. The van der Waals surface area contributed by atoms with E-state index in [0.29, 0.717) is 31.5 Å². The van der Waals surface area contributed by atoms with Gasteiger partial charge in [0.15, 0.2) is 0 Å². The van der Waals surface area contributed by atoms with E-state index in [9.17, 15) is 9.59 Å². The number of benzene rings is 1. The third-order valence-electron chi connectivity index (χ3n) is 7.88. The minimum absolute atomic E-state index is 0.0439. The van der Waals surface area contributed by atoms with Gasteiger partial charge < -0.3 is 10.0 Å². The predicted octanol–water partition coefficient (Wildman–Crippen LogP) is 5.24. The Balaban J connectivity index is 2.40. The lowest BCUT2D eigenvalue weighted by Crippen LogP contribution is -2.86. The van der Waals surface area contributed by atoms with Crippen molar-refractivity contribution in [3.05, 3.63) is 35.9 Å². The smallest absolute Gasteiger partial charge is 0.303 e. The molecule has 2 N–H and O–H groups in total. The highest BCUT2D eigenvalue weighted by Gasteiger charge is 2.67. The van der Waals surface area contributed by atoms with Crippen LogP contribution in [0, 0.1) is 0 Å². The number of amides is 1. The fourth-order valence-corrected chi connectivity index (χ4v) is 113. The number of nitrogens with zero attached hydrogens (tertiary/aromatic N) is 1. The Morgan fingerprint density at radius 1 is 0.914 bits per heavy atom. The first-order valence-corrected chi connectivity index (χ1v) is 28.5. The maximum Gasteiger partial charge on any atom is 0.303 e. The number of carbonyl (C=O) groups is 2. The Morgan fingerprint density at radius 2 is 1.46 bits per heavy atom. The molecule has 0 radical (unpaired) electrons. The zero-order chi connectivity index (χ0) is 26.7. The second kappa shape index (κ2) is 11.6. The Hall–Kier alpha value is -1.05. The van der Waals surface area contributed by atoms with Gasteiger partial charge in [-0.25, -0.2) is 0 Å². The fraction of sp³-hybridized carbons (Fsp3) is 0.680. The number of carbonyl (C=O) groups excluding carboxylic acids is 1. The first-order valence-electron chi connectivity index (χ1n) is 12.9. The van der Waals surface area contributed by atoms with Crippen LogP contribution in [0.25, 0.3) is 0 Å². The summed E-state index contributed by atoms with van der Waals surface area (Å²) in [6.07, 6.45) is 0.747. The summed E-state index contributed by atoms with van der Waals surface area (Å²) in [6.45, 7) is 23.5. The van der Waals surface area contributed by atoms with Gasteiger partial charge in [0.25, 0.3) is 0 Å². The molecule has 0 saturated carbocycles. The summed E-state index contributed by atoms with van der Waals surface area (Å²) in [5.41, 5.74) is 5.06. The number of hydrogen-bond donors (Lipinski definition) is 2. The van der Waals surface area contributed by atoms with E-state index in [2.05, 4.69) is 76.5 Å². The molecule has 6 nitrogen and oxygen atoms in total. The van der Waals surface area contributed by atoms with Gasteiger partial charge in [-0.05, 0) is 17.5 Å². The summed E-state index contributed by atoms with van der Waals surface area (Å²) < 4.78 is 0. The Morgan fingerprint density at radius 3 is 1.94 bits per heavy atom. The number of likely N-dealkylation sites (tertiary alicyclic amines) is 1. The highest BCUT2D eigenvalue weighted by Crippen LogP contribution is 2.48. The van der Waals surface area contributed by atoms with Gasteiger partial charge in [-0.1, -0.05) is 89.3 Å². The van der Waals surface area contributed by atoms with Gasteiger partial charge in [-0.2, -0.15) is 5.48 Å². The summed E-state index contributed by atoms with van der Waals surface area (Å²) in [7, 11) is -4.71. The van der Waals surface area contributed by atoms with Gasteiger partial charge in [0.2, 0.25) is 5.91 Å². The normalized spacial score (nSPS) is 19.7.